The van der Waals surface area contributed by atoms with Crippen molar-refractivity contribution >= 4 is 0 Å². The van der Waals surface area contributed by atoms with Gasteiger partial charge in [0.05, 0.1) is 61.0 Å². The lowest BCUT2D eigenvalue weighted by atomic mass is 9.97. The molecule has 0 fully saturated rings. The maximum atomic E-state index is 11.6. The van der Waals surface area contributed by atoms with Crippen molar-refractivity contribution < 1.29 is 43.7 Å². The first kappa shape index (κ1) is 36.4. The molecule has 1 heterocycles. The number of hydrogen-bond acceptors (Lipinski definition) is 9. The summed E-state index contributed by atoms with van der Waals surface area (Å²) in [6, 6.07) is 34.2. The van der Waals surface area contributed by atoms with Crippen LogP contribution in [0.1, 0.15) is 33.4 Å². The van der Waals surface area contributed by atoms with Crippen molar-refractivity contribution in [2.75, 3.05) is 21.3 Å². The lowest BCUT2D eigenvalue weighted by Gasteiger charge is -2.19. The molecule has 0 saturated carbocycles. The van der Waals surface area contributed by atoms with Crippen LogP contribution < -0.4 is 14.2 Å². The molecule has 54 heavy (non-hydrogen) atoms. The van der Waals surface area contributed by atoms with E-state index < -0.39 is 0 Å². The summed E-state index contributed by atoms with van der Waals surface area (Å²) in [5.41, 5.74) is 8.12. The largest absolute Gasteiger partial charge is 0.507 e. The maximum Gasteiger partial charge on any atom is 0.126 e. The van der Waals surface area contributed by atoms with E-state index >= 15 is 0 Å². The van der Waals surface area contributed by atoms with E-state index in [1.54, 1.807) is 21.3 Å². The average Bonchev–Trinajstić information content (AvgIpc) is 3.20. The van der Waals surface area contributed by atoms with E-state index in [1.807, 2.05) is 109 Å². The number of hydrogen-bond donors (Lipinski definition) is 3. The van der Waals surface area contributed by atoms with Crippen LogP contribution >= 0.6 is 0 Å². The SMILES string of the molecule is COc1ccccc1-c1cc2c(O)c(c1)COCc1cc(-c3ccccc3OC)cc(c1O)COCc1cc(-c3ccccc3OC)cc(c1O)COC2. The molecule has 9 nitrogen and oxygen atoms in total. The Morgan fingerprint density at radius 1 is 0.370 bits per heavy atom. The molecule has 0 spiro atoms. The molecule has 6 aromatic rings. The predicted molar refractivity (Wildman–Crippen MR) is 206 cm³/mol. The van der Waals surface area contributed by atoms with Crippen LogP contribution in [0, 0.1) is 0 Å². The zero-order chi connectivity index (χ0) is 37.6. The summed E-state index contributed by atoms with van der Waals surface area (Å²) in [5, 5.41) is 34.8. The number of phenols is 3. The molecule has 3 N–H and O–H groups in total. The molecule has 0 unspecified atom stereocenters. The molecule has 0 atom stereocenters. The zero-order valence-electron chi connectivity index (χ0n) is 30.4. The third kappa shape index (κ3) is 7.56. The topological polar surface area (TPSA) is 116 Å². The minimum atomic E-state index is 0.0310. The van der Waals surface area contributed by atoms with Crippen LogP contribution in [0.15, 0.2) is 109 Å². The maximum absolute atomic E-state index is 11.6. The number of ether oxygens (including phenoxy) is 6. The minimum Gasteiger partial charge on any atom is -0.507 e. The van der Waals surface area contributed by atoms with Crippen LogP contribution in [-0.2, 0) is 53.9 Å². The molecule has 0 radical (unpaired) electrons. The first-order chi connectivity index (χ1) is 26.4. The second-order valence-corrected chi connectivity index (χ2v) is 13.0. The minimum absolute atomic E-state index is 0.0310. The number of aromatic hydroxyl groups is 3. The monoisotopic (exact) mass is 726 g/mol. The number of benzene rings is 6. The lowest BCUT2D eigenvalue weighted by Crippen LogP contribution is -2.04. The van der Waals surface area contributed by atoms with Gasteiger partial charge in [0.15, 0.2) is 0 Å². The predicted octanol–water partition coefficient (Wildman–Crippen LogP) is 9.29. The highest BCUT2D eigenvalue weighted by Crippen LogP contribution is 2.40. The zero-order valence-corrected chi connectivity index (χ0v) is 30.4. The van der Waals surface area contributed by atoms with Gasteiger partial charge in [0.25, 0.3) is 0 Å². The van der Waals surface area contributed by atoms with Crippen molar-refractivity contribution in [1.82, 2.24) is 0 Å². The highest BCUT2D eigenvalue weighted by Gasteiger charge is 2.20. The Hall–Kier alpha value is -6.00. The lowest BCUT2D eigenvalue weighted by molar-refractivity contribution is 0.0932. The summed E-state index contributed by atoms with van der Waals surface area (Å²) in [6.45, 7) is 0.233. The molecule has 1 aliphatic heterocycles. The van der Waals surface area contributed by atoms with Crippen molar-refractivity contribution in [3.63, 3.8) is 0 Å². The molecule has 276 valence electrons. The quantitative estimate of drug-likeness (QED) is 0.154. The van der Waals surface area contributed by atoms with Gasteiger partial charge in [-0.3, -0.25) is 0 Å². The fourth-order valence-electron chi connectivity index (χ4n) is 6.87. The number of fused-ring (bicyclic) bond motifs is 6. The van der Waals surface area contributed by atoms with E-state index in [9.17, 15) is 15.3 Å². The van der Waals surface area contributed by atoms with Gasteiger partial charge in [-0.05, 0) is 71.3 Å². The van der Waals surface area contributed by atoms with Crippen LogP contribution in [0.4, 0.5) is 0 Å². The molecular weight excluding hydrogens is 684 g/mol. The Labute approximate surface area is 314 Å². The highest BCUT2D eigenvalue weighted by molar-refractivity contribution is 5.75. The summed E-state index contributed by atoms with van der Waals surface area (Å²) in [7, 11) is 4.85. The molecule has 0 amide bonds. The van der Waals surface area contributed by atoms with E-state index in [-0.39, 0.29) is 56.9 Å². The molecule has 0 saturated heterocycles. The average molecular weight is 727 g/mol. The molecule has 1 aliphatic rings. The Balaban J connectivity index is 1.35. The molecule has 6 aromatic carbocycles. The summed E-state index contributed by atoms with van der Waals surface area (Å²) >= 11 is 0. The summed E-state index contributed by atoms with van der Waals surface area (Å²) in [5.74, 6) is 2.12. The second-order valence-electron chi connectivity index (χ2n) is 13.0. The van der Waals surface area contributed by atoms with Crippen molar-refractivity contribution in [1.29, 1.82) is 0 Å². The number of methoxy groups -OCH3 is 3. The number of para-hydroxylation sites is 3. The van der Waals surface area contributed by atoms with Gasteiger partial charge in [0, 0.05) is 50.1 Å². The first-order valence-electron chi connectivity index (χ1n) is 17.6. The van der Waals surface area contributed by atoms with Crippen LogP contribution in [0.3, 0.4) is 0 Å². The standard InChI is InChI=1S/C45H42O9/c1-49-40-13-7-4-10-37(40)28-16-31-22-52-24-33-18-29(38-11-5-8-14-41(38)50-2)20-35(44(33)47)26-54-27-36-21-30(39-12-6-9-15-42(39)51-3)19-34(45(36)48)25-53-23-32(17-28)43(31)46/h4-21,46-48H,22-27H2,1-3H3. The fourth-order valence-corrected chi connectivity index (χ4v) is 6.87. The first-order valence-corrected chi connectivity index (χ1v) is 17.6. The second kappa shape index (κ2) is 16.3. The summed E-state index contributed by atoms with van der Waals surface area (Å²) < 4.78 is 35.7. The van der Waals surface area contributed by atoms with Crippen LogP contribution in [-0.4, -0.2) is 36.6 Å². The van der Waals surface area contributed by atoms with Gasteiger partial charge >= 0.3 is 0 Å². The van der Waals surface area contributed by atoms with Crippen molar-refractivity contribution in [2.24, 2.45) is 0 Å². The van der Waals surface area contributed by atoms with Crippen LogP contribution in [0.25, 0.3) is 33.4 Å². The van der Waals surface area contributed by atoms with E-state index in [0.29, 0.717) is 50.6 Å². The van der Waals surface area contributed by atoms with Gasteiger partial charge in [-0.1, -0.05) is 54.6 Å². The van der Waals surface area contributed by atoms with E-state index in [1.165, 1.54) is 0 Å². The number of rotatable bonds is 6. The van der Waals surface area contributed by atoms with Gasteiger partial charge in [-0.15, -0.1) is 0 Å². The van der Waals surface area contributed by atoms with E-state index in [4.69, 9.17) is 28.4 Å². The van der Waals surface area contributed by atoms with Gasteiger partial charge < -0.3 is 43.7 Å². The molecular formula is C45H42O9. The van der Waals surface area contributed by atoms with Crippen molar-refractivity contribution in [3.8, 4) is 67.9 Å². The normalized spacial score (nSPS) is 13.4. The molecule has 0 aromatic heterocycles. The number of phenolic OH excluding ortho intramolecular Hbond substituents is 3. The van der Waals surface area contributed by atoms with E-state index in [0.717, 1.165) is 33.4 Å². The Kier molecular flexibility index (Phi) is 11.0. The molecule has 6 bridgehead atoms. The van der Waals surface area contributed by atoms with E-state index in [2.05, 4.69) is 0 Å². The van der Waals surface area contributed by atoms with Crippen molar-refractivity contribution in [2.45, 2.75) is 39.6 Å². The molecule has 0 aliphatic carbocycles. The Morgan fingerprint density at radius 2 is 0.593 bits per heavy atom. The van der Waals surface area contributed by atoms with Gasteiger partial charge in [0.2, 0.25) is 0 Å². The van der Waals surface area contributed by atoms with Gasteiger partial charge in [-0.25, -0.2) is 0 Å². The summed E-state index contributed by atoms with van der Waals surface area (Å²) in [4.78, 5) is 0. The Morgan fingerprint density at radius 3 is 0.815 bits per heavy atom. The van der Waals surface area contributed by atoms with Crippen molar-refractivity contribution in [3.05, 3.63) is 143 Å². The third-order valence-electron chi connectivity index (χ3n) is 9.60. The summed E-state index contributed by atoms with van der Waals surface area (Å²) in [6.07, 6.45) is 0. The smallest absolute Gasteiger partial charge is 0.126 e. The Bertz CT molecular complexity index is 1950. The molecule has 7 rings (SSSR count). The third-order valence-corrected chi connectivity index (χ3v) is 9.60. The van der Waals surface area contributed by atoms with Gasteiger partial charge in [-0.2, -0.15) is 0 Å². The van der Waals surface area contributed by atoms with Gasteiger partial charge in [0.1, 0.15) is 34.5 Å². The molecule has 9 heteroatoms. The van der Waals surface area contributed by atoms with Crippen LogP contribution in [0.2, 0.25) is 0 Å². The van der Waals surface area contributed by atoms with Crippen LogP contribution in [0.5, 0.6) is 34.5 Å². The fraction of sp³-hybridized carbons (Fsp3) is 0.200. The highest BCUT2D eigenvalue weighted by atomic mass is 16.5.